The summed E-state index contributed by atoms with van der Waals surface area (Å²) in [5, 5.41) is 2.31. The zero-order valence-electron chi connectivity index (χ0n) is 18.2. The van der Waals surface area contributed by atoms with Gasteiger partial charge in [0.1, 0.15) is 17.4 Å². The number of benzene rings is 3. The summed E-state index contributed by atoms with van der Waals surface area (Å²) in [5.41, 5.74) is 1.07. The Hall–Kier alpha value is -3.30. The van der Waals surface area contributed by atoms with Crippen molar-refractivity contribution >= 4 is 21.6 Å². The number of carbonyl (C=O) groups is 1. The van der Waals surface area contributed by atoms with E-state index < -0.39 is 34.1 Å². The third-order valence-electron chi connectivity index (χ3n) is 4.81. The minimum atomic E-state index is -4.09. The van der Waals surface area contributed by atoms with Crippen LogP contribution >= 0.6 is 0 Å². The van der Waals surface area contributed by atoms with Crippen LogP contribution in [0, 0.1) is 18.6 Å². The standard InChI is InChI=1S/C24H24F2N2O4S/c1-3-32-23-12-10-20(13-17(23)2)33(30,31)28(15-18-7-5-4-6-8-18)16-24(29)27-22-11-9-19(25)14-21(22)26/h4-14H,3,15-16H2,1-2H3,(H,27,29). The molecule has 174 valence electrons. The van der Waals surface area contributed by atoms with Crippen molar-refractivity contribution in [1.29, 1.82) is 0 Å². The lowest BCUT2D eigenvalue weighted by Crippen LogP contribution is -2.37. The van der Waals surface area contributed by atoms with Gasteiger partial charge in [-0.15, -0.1) is 0 Å². The molecule has 0 aliphatic carbocycles. The number of ether oxygens (including phenoxy) is 1. The quantitative estimate of drug-likeness (QED) is 0.496. The Morgan fingerprint density at radius 3 is 2.39 bits per heavy atom. The van der Waals surface area contributed by atoms with Crippen LogP contribution in [0.25, 0.3) is 0 Å². The van der Waals surface area contributed by atoms with Gasteiger partial charge in [-0.1, -0.05) is 30.3 Å². The monoisotopic (exact) mass is 474 g/mol. The minimum Gasteiger partial charge on any atom is -0.494 e. The summed E-state index contributed by atoms with van der Waals surface area (Å²) in [6, 6.07) is 16.0. The number of nitrogens with one attached hydrogen (secondary N) is 1. The second-order valence-electron chi connectivity index (χ2n) is 7.29. The molecule has 3 aromatic rings. The molecule has 0 spiro atoms. The Morgan fingerprint density at radius 1 is 1.03 bits per heavy atom. The number of nitrogens with zero attached hydrogens (tertiary/aromatic N) is 1. The number of halogens is 2. The maximum atomic E-state index is 13.9. The van der Waals surface area contributed by atoms with Crippen LogP contribution in [0.15, 0.2) is 71.6 Å². The molecule has 0 aromatic heterocycles. The third kappa shape index (κ3) is 6.15. The van der Waals surface area contributed by atoms with E-state index in [0.717, 1.165) is 16.4 Å². The molecule has 1 N–H and O–H groups in total. The molecule has 0 saturated carbocycles. The first-order valence-corrected chi connectivity index (χ1v) is 11.7. The van der Waals surface area contributed by atoms with E-state index in [0.29, 0.717) is 29.5 Å². The van der Waals surface area contributed by atoms with Crippen LogP contribution < -0.4 is 10.1 Å². The highest BCUT2D eigenvalue weighted by Crippen LogP contribution is 2.25. The van der Waals surface area contributed by atoms with Crippen LogP contribution in [0.1, 0.15) is 18.1 Å². The molecule has 0 radical (unpaired) electrons. The van der Waals surface area contributed by atoms with Crippen molar-refractivity contribution in [3.05, 3.63) is 89.5 Å². The summed E-state index contributed by atoms with van der Waals surface area (Å²) in [7, 11) is -4.09. The molecule has 0 atom stereocenters. The van der Waals surface area contributed by atoms with Crippen molar-refractivity contribution in [1.82, 2.24) is 4.31 Å². The molecule has 33 heavy (non-hydrogen) atoms. The number of sulfonamides is 1. The highest BCUT2D eigenvalue weighted by atomic mass is 32.2. The summed E-state index contributed by atoms with van der Waals surface area (Å²) in [6.07, 6.45) is 0. The van der Waals surface area contributed by atoms with Crippen molar-refractivity contribution < 1.29 is 26.7 Å². The Labute approximate surface area is 191 Å². The Balaban J connectivity index is 1.90. The highest BCUT2D eigenvalue weighted by molar-refractivity contribution is 7.89. The van der Waals surface area contributed by atoms with E-state index >= 15 is 0 Å². The largest absolute Gasteiger partial charge is 0.494 e. The predicted octanol–water partition coefficient (Wildman–Crippen LogP) is 4.50. The summed E-state index contributed by atoms with van der Waals surface area (Å²) in [5.74, 6) is -1.94. The molecule has 0 aliphatic heterocycles. The summed E-state index contributed by atoms with van der Waals surface area (Å²) in [4.78, 5) is 12.6. The summed E-state index contributed by atoms with van der Waals surface area (Å²) < 4.78 is 60.4. The molecule has 6 nitrogen and oxygen atoms in total. The topological polar surface area (TPSA) is 75.7 Å². The van der Waals surface area contributed by atoms with E-state index in [1.54, 1.807) is 43.3 Å². The van der Waals surface area contributed by atoms with Gasteiger partial charge in [0.25, 0.3) is 0 Å². The number of amides is 1. The minimum absolute atomic E-state index is 0.000136. The van der Waals surface area contributed by atoms with E-state index in [1.165, 1.54) is 12.1 Å². The Bertz CT molecular complexity index is 1230. The molecular weight excluding hydrogens is 450 g/mol. The van der Waals surface area contributed by atoms with Crippen LogP contribution in [0.2, 0.25) is 0 Å². The van der Waals surface area contributed by atoms with Gasteiger partial charge in [-0.3, -0.25) is 4.79 Å². The summed E-state index contributed by atoms with van der Waals surface area (Å²) in [6.45, 7) is 3.35. The van der Waals surface area contributed by atoms with Gasteiger partial charge in [0.05, 0.1) is 23.7 Å². The molecule has 0 saturated heterocycles. The Kier molecular flexibility index (Phi) is 7.78. The zero-order chi connectivity index (χ0) is 24.0. The number of rotatable bonds is 9. The molecule has 1 amide bonds. The highest BCUT2D eigenvalue weighted by Gasteiger charge is 2.28. The maximum absolute atomic E-state index is 13.9. The zero-order valence-corrected chi connectivity index (χ0v) is 19.0. The number of carbonyl (C=O) groups excluding carboxylic acids is 1. The fraction of sp³-hybridized carbons (Fsp3) is 0.208. The van der Waals surface area contributed by atoms with Gasteiger partial charge < -0.3 is 10.1 Å². The van der Waals surface area contributed by atoms with Gasteiger partial charge in [-0.05, 0) is 55.3 Å². The van der Waals surface area contributed by atoms with E-state index in [9.17, 15) is 22.0 Å². The summed E-state index contributed by atoms with van der Waals surface area (Å²) >= 11 is 0. The van der Waals surface area contributed by atoms with Gasteiger partial charge in [0.2, 0.25) is 15.9 Å². The lowest BCUT2D eigenvalue weighted by atomic mass is 10.2. The molecule has 3 aromatic carbocycles. The van der Waals surface area contributed by atoms with Crippen LogP contribution in [0.5, 0.6) is 5.75 Å². The van der Waals surface area contributed by atoms with E-state index in [4.69, 9.17) is 4.74 Å². The van der Waals surface area contributed by atoms with Gasteiger partial charge in [-0.2, -0.15) is 4.31 Å². The van der Waals surface area contributed by atoms with Crippen LogP contribution in [-0.2, 0) is 21.4 Å². The van der Waals surface area contributed by atoms with Crippen LogP contribution in [-0.4, -0.2) is 31.8 Å². The smallest absolute Gasteiger partial charge is 0.243 e. The van der Waals surface area contributed by atoms with Gasteiger partial charge in [0.15, 0.2) is 0 Å². The van der Waals surface area contributed by atoms with Gasteiger partial charge >= 0.3 is 0 Å². The van der Waals surface area contributed by atoms with Crippen molar-refractivity contribution in [3.8, 4) is 5.75 Å². The first-order valence-electron chi connectivity index (χ1n) is 10.2. The lowest BCUT2D eigenvalue weighted by Gasteiger charge is -2.22. The van der Waals surface area contributed by atoms with Crippen LogP contribution in [0.3, 0.4) is 0 Å². The Morgan fingerprint density at radius 2 is 1.76 bits per heavy atom. The van der Waals surface area contributed by atoms with Crippen molar-refractivity contribution in [2.24, 2.45) is 0 Å². The maximum Gasteiger partial charge on any atom is 0.243 e. The third-order valence-corrected chi connectivity index (χ3v) is 6.60. The average molecular weight is 475 g/mol. The van der Waals surface area contributed by atoms with E-state index in [-0.39, 0.29) is 17.1 Å². The van der Waals surface area contributed by atoms with Crippen molar-refractivity contribution in [2.45, 2.75) is 25.3 Å². The molecule has 0 aliphatic rings. The van der Waals surface area contributed by atoms with Crippen molar-refractivity contribution in [2.75, 3.05) is 18.5 Å². The molecule has 0 fully saturated rings. The fourth-order valence-electron chi connectivity index (χ4n) is 3.20. The first-order chi connectivity index (χ1) is 15.7. The van der Waals surface area contributed by atoms with E-state index in [2.05, 4.69) is 5.32 Å². The number of aryl methyl sites for hydroxylation is 1. The van der Waals surface area contributed by atoms with Gasteiger partial charge in [-0.25, -0.2) is 17.2 Å². The molecule has 0 unspecified atom stereocenters. The SMILES string of the molecule is CCOc1ccc(S(=O)(=O)N(CC(=O)Nc2ccc(F)cc2F)Cc2ccccc2)cc1C. The number of hydrogen-bond donors (Lipinski definition) is 1. The van der Waals surface area contributed by atoms with Gasteiger partial charge in [0, 0.05) is 12.6 Å². The molecule has 3 rings (SSSR count). The van der Waals surface area contributed by atoms with E-state index in [1.807, 2.05) is 6.92 Å². The lowest BCUT2D eigenvalue weighted by molar-refractivity contribution is -0.116. The molecule has 9 heteroatoms. The normalized spacial score (nSPS) is 11.4. The number of hydrogen-bond acceptors (Lipinski definition) is 4. The first kappa shape index (κ1) is 24.3. The van der Waals surface area contributed by atoms with Crippen LogP contribution in [0.4, 0.5) is 14.5 Å². The predicted molar refractivity (Wildman–Crippen MR) is 121 cm³/mol. The fourth-order valence-corrected chi connectivity index (χ4v) is 4.67. The molecular formula is C24H24F2N2O4S. The molecule has 0 heterocycles. The average Bonchev–Trinajstić information content (AvgIpc) is 2.77. The molecule has 0 bridgehead atoms. The number of anilines is 1. The van der Waals surface area contributed by atoms with Crippen molar-refractivity contribution in [3.63, 3.8) is 0 Å². The second-order valence-corrected chi connectivity index (χ2v) is 9.23. The second kappa shape index (κ2) is 10.5.